The van der Waals surface area contributed by atoms with Gasteiger partial charge >= 0.3 is 0 Å². The smallest absolute Gasteiger partial charge is 0.231 e. The molecule has 0 aliphatic carbocycles. The number of carbonyl (C=O) groups is 1. The van der Waals surface area contributed by atoms with Crippen LogP contribution in [0.4, 0.5) is 0 Å². The first-order valence-electron chi connectivity index (χ1n) is 10.6. The molecule has 1 aliphatic heterocycles. The quantitative estimate of drug-likeness (QED) is 0.318. The number of benzene rings is 3. The van der Waals surface area contributed by atoms with Gasteiger partial charge in [0.1, 0.15) is 18.1 Å². The van der Waals surface area contributed by atoms with E-state index in [0.717, 1.165) is 34.1 Å². The third-order valence-electron chi connectivity index (χ3n) is 5.79. The van der Waals surface area contributed by atoms with Crippen LogP contribution in [-0.4, -0.2) is 10.4 Å². The summed E-state index contributed by atoms with van der Waals surface area (Å²) in [6.45, 7) is 5.27. The zero-order valence-corrected chi connectivity index (χ0v) is 18.6. The van der Waals surface area contributed by atoms with E-state index in [0.29, 0.717) is 34.5 Å². The molecule has 0 radical (unpaired) electrons. The first-order chi connectivity index (χ1) is 15.5. The van der Waals surface area contributed by atoms with Crippen LogP contribution in [0.25, 0.3) is 17.0 Å². The maximum Gasteiger partial charge on any atom is 0.231 e. The molecule has 0 N–H and O–H groups in total. The maximum atomic E-state index is 13.0. The van der Waals surface area contributed by atoms with Gasteiger partial charge in [-0.25, -0.2) is 0 Å². The summed E-state index contributed by atoms with van der Waals surface area (Å²) in [4.78, 5) is 13.0. The second-order valence-corrected chi connectivity index (χ2v) is 8.24. The molecule has 0 bridgehead atoms. The Balaban J connectivity index is 1.43. The molecule has 32 heavy (non-hydrogen) atoms. The van der Waals surface area contributed by atoms with Crippen molar-refractivity contribution in [1.29, 1.82) is 0 Å². The van der Waals surface area contributed by atoms with Gasteiger partial charge in [0.15, 0.2) is 5.76 Å². The van der Waals surface area contributed by atoms with E-state index in [1.54, 1.807) is 6.07 Å². The Bertz CT molecular complexity index is 1370. The molecule has 0 saturated carbocycles. The number of Topliss-reactive ketones (excluding diaryl/α,β-unsaturated/α-hetero) is 1. The Labute approximate surface area is 191 Å². The Morgan fingerprint density at radius 3 is 2.62 bits per heavy atom. The molecule has 5 heteroatoms. The van der Waals surface area contributed by atoms with Crippen molar-refractivity contribution in [2.75, 3.05) is 0 Å². The molecule has 2 heterocycles. The molecule has 3 aromatic carbocycles. The highest BCUT2D eigenvalue weighted by atomic mass is 35.5. The lowest BCUT2D eigenvalue weighted by molar-refractivity contribution is 0.101. The van der Waals surface area contributed by atoms with Gasteiger partial charge in [-0.1, -0.05) is 41.9 Å². The Kier molecular flexibility index (Phi) is 5.24. The van der Waals surface area contributed by atoms with Crippen molar-refractivity contribution in [2.45, 2.75) is 27.0 Å². The standard InChI is InChI=1S/C27H22ClNO3/c1-3-29-15-19(21-6-4-5-7-23(21)29)14-25-26(30)22-12-13-24(17(2)27(22)32-25)31-16-18-8-10-20(28)11-9-18/h4-15H,3,16H2,1-2H3/b25-14-. The largest absolute Gasteiger partial charge is 0.488 e. The van der Waals surface area contributed by atoms with Crippen LogP contribution in [0.1, 0.15) is 34.0 Å². The number of ketones is 1. The molecule has 0 fully saturated rings. The number of para-hydroxylation sites is 1. The van der Waals surface area contributed by atoms with Crippen molar-refractivity contribution >= 4 is 34.4 Å². The van der Waals surface area contributed by atoms with Gasteiger partial charge in [-0.2, -0.15) is 0 Å². The van der Waals surface area contributed by atoms with E-state index < -0.39 is 0 Å². The molecule has 0 spiro atoms. The number of aromatic nitrogens is 1. The normalized spacial score (nSPS) is 14.1. The predicted molar refractivity (Wildman–Crippen MR) is 128 cm³/mol. The molecule has 4 nitrogen and oxygen atoms in total. The van der Waals surface area contributed by atoms with E-state index in [1.807, 2.05) is 55.5 Å². The minimum Gasteiger partial charge on any atom is -0.488 e. The molecule has 5 rings (SSSR count). The van der Waals surface area contributed by atoms with Gasteiger partial charge in [0.2, 0.25) is 5.78 Å². The van der Waals surface area contributed by atoms with Gasteiger partial charge < -0.3 is 14.0 Å². The van der Waals surface area contributed by atoms with E-state index >= 15 is 0 Å². The predicted octanol–water partition coefficient (Wildman–Crippen LogP) is 6.82. The molecule has 1 aromatic heterocycles. The fraction of sp³-hybridized carbons (Fsp3) is 0.148. The third kappa shape index (κ3) is 3.57. The molecule has 4 aromatic rings. The van der Waals surface area contributed by atoms with Crippen LogP contribution >= 0.6 is 11.6 Å². The average molecular weight is 444 g/mol. The van der Waals surface area contributed by atoms with Gasteiger partial charge in [-0.15, -0.1) is 0 Å². The molecule has 0 unspecified atom stereocenters. The van der Waals surface area contributed by atoms with E-state index in [2.05, 4.69) is 29.8 Å². The summed E-state index contributed by atoms with van der Waals surface area (Å²) in [5.74, 6) is 1.47. The SMILES string of the molecule is CCn1cc(/C=C2\Oc3c(ccc(OCc4ccc(Cl)cc4)c3C)C2=O)c2ccccc21. The zero-order chi connectivity index (χ0) is 22.2. The summed E-state index contributed by atoms with van der Waals surface area (Å²) in [6, 6.07) is 19.3. The van der Waals surface area contributed by atoms with Crippen LogP contribution in [0.2, 0.25) is 5.02 Å². The van der Waals surface area contributed by atoms with E-state index in [1.165, 1.54) is 0 Å². The zero-order valence-electron chi connectivity index (χ0n) is 17.9. The van der Waals surface area contributed by atoms with Crippen molar-refractivity contribution in [3.63, 3.8) is 0 Å². The second-order valence-electron chi connectivity index (χ2n) is 7.81. The van der Waals surface area contributed by atoms with Crippen molar-refractivity contribution in [3.05, 3.63) is 99.9 Å². The summed E-state index contributed by atoms with van der Waals surface area (Å²) >= 11 is 5.95. The first kappa shape index (κ1) is 20.4. The van der Waals surface area contributed by atoms with Crippen molar-refractivity contribution in [1.82, 2.24) is 4.57 Å². The minimum atomic E-state index is -0.110. The summed E-state index contributed by atoms with van der Waals surface area (Å²) in [5, 5.41) is 1.79. The van der Waals surface area contributed by atoms with Crippen LogP contribution in [0.3, 0.4) is 0 Å². The van der Waals surface area contributed by atoms with Crippen molar-refractivity contribution in [2.24, 2.45) is 0 Å². The number of hydrogen-bond acceptors (Lipinski definition) is 3. The number of rotatable bonds is 5. The molecule has 0 atom stereocenters. The Hall–Kier alpha value is -3.50. The lowest BCUT2D eigenvalue weighted by atomic mass is 10.1. The summed E-state index contributed by atoms with van der Waals surface area (Å²) in [5.41, 5.74) is 4.49. The number of ether oxygens (including phenoxy) is 2. The number of halogens is 1. The lowest BCUT2D eigenvalue weighted by Gasteiger charge is -2.11. The third-order valence-corrected chi connectivity index (χ3v) is 6.04. The highest BCUT2D eigenvalue weighted by Gasteiger charge is 2.30. The average Bonchev–Trinajstić information content (AvgIpc) is 3.33. The van der Waals surface area contributed by atoms with E-state index in [4.69, 9.17) is 21.1 Å². The van der Waals surface area contributed by atoms with Crippen LogP contribution in [-0.2, 0) is 13.2 Å². The number of allylic oxidation sites excluding steroid dienone is 1. The number of carbonyl (C=O) groups excluding carboxylic acids is 1. The Morgan fingerprint density at radius 1 is 1.06 bits per heavy atom. The summed E-state index contributed by atoms with van der Waals surface area (Å²) in [6.07, 6.45) is 3.90. The minimum absolute atomic E-state index is 0.110. The van der Waals surface area contributed by atoms with Crippen LogP contribution < -0.4 is 9.47 Å². The number of hydrogen-bond donors (Lipinski definition) is 0. The summed E-state index contributed by atoms with van der Waals surface area (Å²) < 4.78 is 14.2. The maximum absolute atomic E-state index is 13.0. The fourth-order valence-electron chi connectivity index (χ4n) is 4.06. The van der Waals surface area contributed by atoms with Crippen molar-refractivity contribution < 1.29 is 14.3 Å². The monoisotopic (exact) mass is 443 g/mol. The topological polar surface area (TPSA) is 40.5 Å². The highest BCUT2D eigenvalue weighted by Crippen LogP contribution is 2.40. The Morgan fingerprint density at radius 2 is 1.84 bits per heavy atom. The number of nitrogens with zero attached hydrogens (tertiary/aromatic N) is 1. The summed E-state index contributed by atoms with van der Waals surface area (Å²) in [7, 11) is 0. The molecule has 1 aliphatic rings. The van der Waals surface area contributed by atoms with E-state index in [9.17, 15) is 4.79 Å². The fourth-order valence-corrected chi connectivity index (χ4v) is 4.19. The van der Waals surface area contributed by atoms with Gasteiger partial charge in [0.25, 0.3) is 0 Å². The van der Waals surface area contributed by atoms with Gasteiger partial charge in [-0.05, 0) is 55.8 Å². The molecule has 0 amide bonds. The first-order valence-corrected chi connectivity index (χ1v) is 11.0. The van der Waals surface area contributed by atoms with Gasteiger partial charge in [-0.3, -0.25) is 4.79 Å². The van der Waals surface area contributed by atoms with Gasteiger partial charge in [0, 0.05) is 39.8 Å². The molecule has 160 valence electrons. The number of aryl methyl sites for hydroxylation is 1. The number of fused-ring (bicyclic) bond motifs is 2. The highest BCUT2D eigenvalue weighted by molar-refractivity contribution is 6.30. The second kappa shape index (κ2) is 8.21. The van der Waals surface area contributed by atoms with Crippen molar-refractivity contribution in [3.8, 4) is 11.5 Å². The van der Waals surface area contributed by atoms with Gasteiger partial charge in [0.05, 0.1) is 5.56 Å². The molecule has 0 saturated heterocycles. The molecular formula is C27H22ClNO3. The van der Waals surface area contributed by atoms with Crippen LogP contribution in [0.15, 0.2) is 72.6 Å². The van der Waals surface area contributed by atoms with E-state index in [-0.39, 0.29) is 5.78 Å². The molecular weight excluding hydrogens is 422 g/mol. The lowest BCUT2D eigenvalue weighted by Crippen LogP contribution is -1.98. The van der Waals surface area contributed by atoms with Crippen LogP contribution in [0, 0.1) is 6.92 Å². The van der Waals surface area contributed by atoms with Crippen LogP contribution in [0.5, 0.6) is 11.5 Å².